The van der Waals surface area contributed by atoms with Crippen LogP contribution in [0.3, 0.4) is 0 Å². The fraction of sp³-hybridized carbons (Fsp3) is 0.471. The van der Waals surface area contributed by atoms with Gasteiger partial charge in [0.2, 0.25) is 12.7 Å². The van der Waals surface area contributed by atoms with Crippen molar-refractivity contribution in [2.75, 3.05) is 6.79 Å². The van der Waals surface area contributed by atoms with E-state index in [4.69, 9.17) is 14.1 Å². The van der Waals surface area contributed by atoms with Crippen LogP contribution >= 0.6 is 0 Å². The molecular formula is C17H20BF2NO7. The van der Waals surface area contributed by atoms with Crippen LogP contribution in [-0.4, -0.2) is 42.7 Å². The molecule has 1 aliphatic heterocycles. The molecule has 0 spiro atoms. The van der Waals surface area contributed by atoms with E-state index in [0.717, 1.165) is 0 Å². The van der Waals surface area contributed by atoms with Crippen molar-refractivity contribution in [3.05, 3.63) is 28.8 Å². The van der Waals surface area contributed by atoms with Gasteiger partial charge >= 0.3 is 19.1 Å². The number of hydrogen-bond acceptors (Lipinski definition) is 7. The van der Waals surface area contributed by atoms with Gasteiger partial charge in [-0.1, -0.05) is 0 Å². The number of carbonyl (C=O) groups excluding carboxylic acids is 3. The fourth-order valence-electron chi connectivity index (χ4n) is 2.47. The summed E-state index contributed by atoms with van der Waals surface area (Å²) in [6.07, 6.45) is -0.307. The zero-order valence-electron chi connectivity index (χ0n) is 15.8. The van der Waals surface area contributed by atoms with Gasteiger partial charge in [-0.15, -0.1) is 0 Å². The summed E-state index contributed by atoms with van der Waals surface area (Å²) in [4.78, 5) is 35.1. The van der Waals surface area contributed by atoms with Crippen LogP contribution in [0.25, 0.3) is 0 Å². The second-order valence-corrected chi connectivity index (χ2v) is 7.28. The Morgan fingerprint density at radius 3 is 2.54 bits per heavy atom. The summed E-state index contributed by atoms with van der Waals surface area (Å²) in [6.45, 7) is 5.25. The molecule has 8 nitrogen and oxygen atoms in total. The lowest BCUT2D eigenvalue weighted by Gasteiger charge is -2.29. The van der Waals surface area contributed by atoms with Crippen molar-refractivity contribution in [3.63, 3.8) is 0 Å². The van der Waals surface area contributed by atoms with Crippen molar-refractivity contribution in [3.8, 4) is 5.75 Å². The highest BCUT2D eigenvalue weighted by molar-refractivity contribution is 6.47. The topological polar surface area (TPSA) is 111 Å². The van der Waals surface area contributed by atoms with E-state index >= 15 is 0 Å². The molecule has 1 aliphatic rings. The average Bonchev–Trinajstić information content (AvgIpc) is 2.58. The van der Waals surface area contributed by atoms with Crippen molar-refractivity contribution < 1.29 is 42.3 Å². The maximum absolute atomic E-state index is 14.2. The number of halogens is 2. The minimum absolute atomic E-state index is 0.307. The lowest BCUT2D eigenvalue weighted by Crippen LogP contribution is -2.53. The minimum Gasteiger partial charge on any atom is -0.534 e. The Morgan fingerprint density at radius 2 is 1.96 bits per heavy atom. The number of carbonyl (C=O) groups is 3. The van der Waals surface area contributed by atoms with E-state index in [1.807, 2.05) is 0 Å². The number of benzene rings is 1. The van der Waals surface area contributed by atoms with E-state index < -0.39 is 66.1 Å². The highest BCUT2D eigenvalue weighted by Crippen LogP contribution is 2.34. The van der Waals surface area contributed by atoms with Gasteiger partial charge in [-0.25, -0.2) is 13.6 Å². The van der Waals surface area contributed by atoms with Crippen LogP contribution < -0.4 is 9.97 Å². The molecule has 2 N–H and O–H groups in total. The van der Waals surface area contributed by atoms with Gasteiger partial charge in [-0.3, -0.25) is 9.59 Å². The molecule has 0 radical (unpaired) electrons. The average molecular weight is 399 g/mol. The van der Waals surface area contributed by atoms with Crippen molar-refractivity contribution in [1.29, 1.82) is 0 Å². The van der Waals surface area contributed by atoms with E-state index in [0.29, 0.717) is 6.07 Å². The Bertz CT molecular complexity index is 810. The molecule has 0 bridgehead atoms. The van der Waals surface area contributed by atoms with E-state index in [9.17, 15) is 28.2 Å². The van der Waals surface area contributed by atoms with Crippen LogP contribution in [0.15, 0.2) is 6.07 Å². The van der Waals surface area contributed by atoms with E-state index in [1.165, 1.54) is 6.92 Å². The molecule has 0 aliphatic carbocycles. The van der Waals surface area contributed by atoms with Crippen molar-refractivity contribution >= 4 is 25.0 Å². The molecule has 1 aromatic rings. The first-order valence-corrected chi connectivity index (χ1v) is 8.39. The van der Waals surface area contributed by atoms with Crippen LogP contribution in [0.4, 0.5) is 8.78 Å². The summed E-state index contributed by atoms with van der Waals surface area (Å²) in [5.74, 6) is -6.31. The lowest BCUT2D eigenvalue weighted by molar-refractivity contribution is -0.161. The van der Waals surface area contributed by atoms with Crippen LogP contribution in [0.1, 0.15) is 43.6 Å². The first-order chi connectivity index (χ1) is 12.9. The van der Waals surface area contributed by atoms with Gasteiger partial charge in [0.05, 0.1) is 11.4 Å². The third-order valence-corrected chi connectivity index (χ3v) is 3.87. The Hall–Kier alpha value is -2.69. The van der Waals surface area contributed by atoms with E-state index in [-0.39, 0.29) is 12.0 Å². The summed E-state index contributed by atoms with van der Waals surface area (Å²) < 4.78 is 42.8. The first-order valence-electron chi connectivity index (χ1n) is 8.39. The second kappa shape index (κ2) is 8.13. The molecule has 1 unspecified atom stereocenters. The summed E-state index contributed by atoms with van der Waals surface area (Å²) in [5, 5.41) is 12.3. The molecule has 0 saturated carbocycles. The molecule has 0 fully saturated rings. The highest BCUT2D eigenvalue weighted by atomic mass is 19.2. The molecule has 11 heteroatoms. The second-order valence-electron chi connectivity index (χ2n) is 7.28. The van der Waals surface area contributed by atoms with Gasteiger partial charge < -0.3 is 24.5 Å². The quantitative estimate of drug-likeness (QED) is 0.444. The number of rotatable bonds is 4. The third-order valence-electron chi connectivity index (χ3n) is 3.87. The minimum atomic E-state index is -1.59. The third kappa shape index (κ3) is 4.77. The highest BCUT2D eigenvalue weighted by Gasteiger charge is 2.40. The first kappa shape index (κ1) is 21.6. The van der Waals surface area contributed by atoms with E-state index in [2.05, 4.69) is 5.32 Å². The number of esters is 2. The summed E-state index contributed by atoms with van der Waals surface area (Å²) in [6, 6.07) is 0.563. The van der Waals surface area contributed by atoms with Crippen molar-refractivity contribution in [2.45, 2.75) is 40.1 Å². The SMILES string of the molecule is CC(=O)NC1Cc2c(F)c(F)cc(C(=O)OCOC(=O)C(C)(C)C)c2OB1O. The van der Waals surface area contributed by atoms with Gasteiger partial charge in [-0.05, 0) is 33.3 Å². The molecule has 1 atom stereocenters. The molecule has 0 saturated heterocycles. The molecule has 1 amide bonds. The van der Waals surface area contributed by atoms with Gasteiger partial charge in [0.25, 0.3) is 0 Å². The van der Waals surface area contributed by atoms with Crippen LogP contribution in [0.5, 0.6) is 5.75 Å². The van der Waals surface area contributed by atoms with Gasteiger partial charge in [0, 0.05) is 12.5 Å². The van der Waals surface area contributed by atoms with Crippen LogP contribution in [0, 0.1) is 17.0 Å². The number of ether oxygens (including phenoxy) is 2. The fourth-order valence-corrected chi connectivity index (χ4v) is 2.47. The lowest BCUT2D eigenvalue weighted by atomic mass is 9.72. The summed E-state index contributed by atoms with van der Waals surface area (Å²) in [5.41, 5.74) is -1.64. The predicted molar refractivity (Wildman–Crippen MR) is 92.1 cm³/mol. The molecule has 2 rings (SSSR count). The van der Waals surface area contributed by atoms with Gasteiger partial charge in [0.15, 0.2) is 11.6 Å². The van der Waals surface area contributed by atoms with Crippen LogP contribution in [-0.2, 0) is 25.5 Å². The van der Waals surface area contributed by atoms with Gasteiger partial charge in [-0.2, -0.15) is 0 Å². The Kier molecular flexibility index (Phi) is 6.28. The monoisotopic (exact) mass is 399 g/mol. The Morgan fingerprint density at radius 1 is 1.32 bits per heavy atom. The largest absolute Gasteiger partial charge is 0.547 e. The van der Waals surface area contributed by atoms with E-state index in [1.54, 1.807) is 20.8 Å². The van der Waals surface area contributed by atoms with Crippen molar-refractivity contribution in [2.24, 2.45) is 5.41 Å². The molecule has 0 aromatic heterocycles. The number of hydrogen-bond donors (Lipinski definition) is 2. The molecular weight excluding hydrogens is 379 g/mol. The maximum atomic E-state index is 14.2. The smallest absolute Gasteiger partial charge is 0.534 e. The molecule has 28 heavy (non-hydrogen) atoms. The van der Waals surface area contributed by atoms with Gasteiger partial charge in [0.1, 0.15) is 11.3 Å². The summed E-state index contributed by atoms with van der Waals surface area (Å²) in [7, 11) is -1.59. The number of fused-ring (bicyclic) bond motifs is 1. The molecule has 152 valence electrons. The predicted octanol–water partition coefficient (Wildman–Crippen LogP) is 1.13. The molecule has 1 aromatic carbocycles. The summed E-state index contributed by atoms with van der Waals surface area (Å²) >= 11 is 0. The number of amides is 1. The van der Waals surface area contributed by atoms with Crippen LogP contribution in [0.2, 0.25) is 0 Å². The van der Waals surface area contributed by atoms with Crippen molar-refractivity contribution in [1.82, 2.24) is 5.32 Å². The maximum Gasteiger partial charge on any atom is 0.547 e. The normalized spacial score (nSPS) is 16.0. The molecule has 1 heterocycles. The zero-order chi connectivity index (χ0) is 21.2. The standard InChI is InChI=1S/C17H20BF2NO7/c1-8(22)21-12-6-9-13(20)11(19)5-10(14(9)28-18(12)25)15(23)26-7-27-16(24)17(2,3)4/h5,12,25H,6-7H2,1-4H3,(H,21,22). The number of nitrogens with one attached hydrogen (secondary N) is 1. The zero-order valence-corrected chi connectivity index (χ0v) is 15.8. The Labute approximate surface area is 160 Å². The Balaban J connectivity index is 2.22.